The van der Waals surface area contributed by atoms with Crippen LogP contribution in [0.4, 0.5) is 0 Å². The molecule has 0 saturated carbocycles. The number of hydrogen-bond acceptors (Lipinski definition) is 5. The molecular formula is C18H26N4O3S. The van der Waals surface area contributed by atoms with Crippen molar-refractivity contribution in [3.8, 4) is 17.0 Å². The normalized spacial score (nSPS) is 17.0. The highest BCUT2D eigenvalue weighted by Crippen LogP contribution is 2.33. The highest BCUT2D eigenvalue weighted by atomic mass is 32.2. The van der Waals surface area contributed by atoms with E-state index in [4.69, 9.17) is 4.74 Å². The lowest BCUT2D eigenvalue weighted by Crippen LogP contribution is -2.44. The van der Waals surface area contributed by atoms with E-state index < -0.39 is 10.0 Å². The smallest absolute Gasteiger partial charge is 0.246 e. The molecule has 0 bridgehead atoms. The average molecular weight is 378 g/mol. The molecule has 1 aromatic carbocycles. The summed E-state index contributed by atoms with van der Waals surface area (Å²) in [4.78, 5) is 2.42. The van der Waals surface area contributed by atoms with E-state index in [1.54, 1.807) is 30.1 Å². The summed E-state index contributed by atoms with van der Waals surface area (Å²) in [5.41, 5.74) is 1.65. The van der Waals surface area contributed by atoms with Gasteiger partial charge in [-0.2, -0.15) is 9.40 Å². The number of hydrogen-bond donors (Lipinski definition) is 0. The molecule has 7 nitrogen and oxygen atoms in total. The predicted molar refractivity (Wildman–Crippen MR) is 101 cm³/mol. The molecule has 0 unspecified atom stereocenters. The van der Waals surface area contributed by atoms with Crippen LogP contribution in [0.5, 0.6) is 5.75 Å². The van der Waals surface area contributed by atoms with Crippen molar-refractivity contribution in [1.29, 1.82) is 0 Å². The molecule has 0 atom stereocenters. The van der Waals surface area contributed by atoms with Crippen LogP contribution in [0.25, 0.3) is 11.3 Å². The maximum absolute atomic E-state index is 13.3. The number of piperidine rings is 1. The molecule has 26 heavy (non-hydrogen) atoms. The van der Waals surface area contributed by atoms with Gasteiger partial charge >= 0.3 is 0 Å². The Bertz CT molecular complexity index is 870. The topological polar surface area (TPSA) is 67.7 Å². The second-order valence-corrected chi connectivity index (χ2v) is 8.73. The van der Waals surface area contributed by atoms with E-state index in [-0.39, 0.29) is 10.9 Å². The fourth-order valence-electron chi connectivity index (χ4n) is 3.40. The Morgan fingerprint density at radius 1 is 1.19 bits per heavy atom. The molecule has 1 fully saturated rings. The van der Waals surface area contributed by atoms with Gasteiger partial charge in [0.25, 0.3) is 0 Å². The number of nitrogens with zero attached hydrogens (tertiary/aromatic N) is 4. The lowest BCUT2D eigenvalue weighted by molar-refractivity contribution is 0.197. The summed E-state index contributed by atoms with van der Waals surface area (Å²) in [5, 5.41) is 4.16. The molecule has 2 heterocycles. The van der Waals surface area contributed by atoms with E-state index in [9.17, 15) is 8.42 Å². The van der Waals surface area contributed by atoms with Crippen LogP contribution >= 0.6 is 0 Å². The Hall–Kier alpha value is -1.90. The summed E-state index contributed by atoms with van der Waals surface area (Å²) in [6.45, 7) is 1.80. The quantitative estimate of drug-likeness (QED) is 0.794. The zero-order valence-electron chi connectivity index (χ0n) is 15.7. The molecule has 0 amide bonds. The Labute approximate surface area is 155 Å². The largest absolute Gasteiger partial charge is 0.495 e. The second kappa shape index (κ2) is 7.38. The van der Waals surface area contributed by atoms with E-state index >= 15 is 0 Å². The van der Waals surface area contributed by atoms with Gasteiger partial charge in [-0.1, -0.05) is 0 Å². The van der Waals surface area contributed by atoms with Gasteiger partial charge in [-0.3, -0.25) is 4.68 Å². The molecule has 0 N–H and O–H groups in total. The molecule has 3 rings (SSSR count). The third kappa shape index (κ3) is 3.49. The fraction of sp³-hybridized carbons (Fsp3) is 0.500. The van der Waals surface area contributed by atoms with Crippen molar-refractivity contribution in [1.82, 2.24) is 19.0 Å². The van der Waals surface area contributed by atoms with Crippen molar-refractivity contribution in [2.75, 3.05) is 34.3 Å². The zero-order valence-corrected chi connectivity index (χ0v) is 16.5. The minimum absolute atomic E-state index is 0.00117. The number of aromatic nitrogens is 2. The van der Waals surface area contributed by atoms with E-state index in [0.717, 1.165) is 37.2 Å². The van der Waals surface area contributed by atoms with Gasteiger partial charge in [0.15, 0.2) is 0 Å². The van der Waals surface area contributed by atoms with Gasteiger partial charge in [0.2, 0.25) is 10.0 Å². The van der Waals surface area contributed by atoms with E-state index in [1.165, 1.54) is 11.4 Å². The highest BCUT2D eigenvalue weighted by Gasteiger charge is 2.32. The lowest BCUT2D eigenvalue weighted by Gasteiger charge is -2.34. The molecule has 1 aromatic heterocycles. The van der Waals surface area contributed by atoms with Crippen LogP contribution in [-0.4, -0.2) is 67.7 Å². The third-order valence-corrected chi connectivity index (χ3v) is 7.07. The first-order valence-corrected chi connectivity index (χ1v) is 10.1. The molecule has 1 aliphatic rings. The fourth-order valence-corrected chi connectivity index (χ4v) is 5.00. The monoisotopic (exact) mass is 378 g/mol. The summed E-state index contributed by atoms with van der Waals surface area (Å²) in [7, 11) is 3.39. The van der Waals surface area contributed by atoms with Crippen molar-refractivity contribution >= 4 is 10.0 Å². The summed E-state index contributed by atoms with van der Waals surface area (Å²) in [5.74, 6) is 0.357. The van der Waals surface area contributed by atoms with E-state index in [2.05, 4.69) is 17.0 Å². The van der Waals surface area contributed by atoms with Crippen LogP contribution in [0.2, 0.25) is 0 Å². The maximum atomic E-state index is 13.3. The Morgan fingerprint density at radius 3 is 2.46 bits per heavy atom. The zero-order chi connectivity index (χ0) is 18.9. The molecule has 2 aromatic rings. The minimum atomic E-state index is -3.67. The third-order valence-electron chi connectivity index (χ3n) is 5.14. The summed E-state index contributed by atoms with van der Waals surface area (Å²) in [6, 6.07) is 7.10. The molecule has 1 aliphatic heterocycles. The number of rotatable bonds is 5. The predicted octanol–water partition coefficient (Wildman–Crippen LogP) is 1.81. The Balaban J connectivity index is 1.99. The number of methoxy groups -OCH3 is 1. The standard InChI is InChI=1S/C18H26N4O3S/c1-20-11-8-15(9-12-20)22(3)26(23,24)18-13-14(5-6-17(18)25-4)16-7-10-19-21(16)2/h5-7,10,13,15H,8-9,11-12H2,1-4H3. The van der Waals surface area contributed by atoms with Crippen LogP contribution in [0.3, 0.4) is 0 Å². The Morgan fingerprint density at radius 2 is 1.88 bits per heavy atom. The highest BCUT2D eigenvalue weighted by molar-refractivity contribution is 7.89. The van der Waals surface area contributed by atoms with Crippen LogP contribution < -0.4 is 4.74 Å². The first-order chi connectivity index (χ1) is 12.3. The molecule has 8 heteroatoms. The molecule has 0 aliphatic carbocycles. The first-order valence-electron chi connectivity index (χ1n) is 8.67. The van der Waals surface area contributed by atoms with Gasteiger partial charge in [0.05, 0.1) is 12.8 Å². The average Bonchev–Trinajstić information content (AvgIpc) is 3.07. The number of likely N-dealkylation sites (tertiary alicyclic amines) is 1. The van der Waals surface area contributed by atoms with Gasteiger partial charge in [0.1, 0.15) is 10.6 Å². The summed E-state index contributed by atoms with van der Waals surface area (Å²) < 4.78 is 35.2. The van der Waals surface area contributed by atoms with E-state index in [1.807, 2.05) is 19.2 Å². The van der Waals surface area contributed by atoms with Gasteiger partial charge in [-0.25, -0.2) is 8.42 Å². The van der Waals surface area contributed by atoms with Crippen LogP contribution in [0, 0.1) is 0 Å². The first kappa shape index (κ1) is 18.9. The summed E-state index contributed by atoms with van der Waals surface area (Å²) in [6.07, 6.45) is 3.35. The lowest BCUT2D eigenvalue weighted by atomic mass is 10.1. The van der Waals surface area contributed by atoms with Gasteiger partial charge in [0, 0.05) is 31.9 Å². The number of benzene rings is 1. The van der Waals surface area contributed by atoms with Crippen molar-refractivity contribution in [2.45, 2.75) is 23.8 Å². The van der Waals surface area contributed by atoms with Gasteiger partial charge in [-0.15, -0.1) is 0 Å². The van der Waals surface area contributed by atoms with E-state index in [0.29, 0.717) is 5.75 Å². The van der Waals surface area contributed by atoms with Crippen molar-refractivity contribution < 1.29 is 13.2 Å². The van der Waals surface area contributed by atoms with Gasteiger partial charge in [-0.05, 0) is 57.2 Å². The Kier molecular flexibility index (Phi) is 5.36. The minimum Gasteiger partial charge on any atom is -0.495 e. The summed E-state index contributed by atoms with van der Waals surface area (Å²) >= 11 is 0. The van der Waals surface area contributed by atoms with Gasteiger partial charge < -0.3 is 9.64 Å². The molecule has 0 radical (unpaired) electrons. The molecular weight excluding hydrogens is 352 g/mol. The van der Waals surface area contributed by atoms with Crippen molar-refractivity contribution in [3.05, 3.63) is 30.5 Å². The second-order valence-electron chi connectivity index (χ2n) is 6.76. The number of aryl methyl sites for hydroxylation is 1. The van der Waals surface area contributed by atoms with Crippen molar-refractivity contribution in [2.24, 2.45) is 7.05 Å². The van der Waals surface area contributed by atoms with Crippen LogP contribution in [-0.2, 0) is 17.1 Å². The van der Waals surface area contributed by atoms with Crippen LogP contribution in [0.15, 0.2) is 35.4 Å². The number of ether oxygens (including phenoxy) is 1. The molecule has 142 valence electrons. The van der Waals surface area contributed by atoms with Crippen LogP contribution in [0.1, 0.15) is 12.8 Å². The molecule has 1 saturated heterocycles. The SMILES string of the molecule is COc1ccc(-c2ccnn2C)cc1S(=O)(=O)N(C)C1CCN(C)CC1. The maximum Gasteiger partial charge on any atom is 0.246 e. The number of sulfonamides is 1. The van der Waals surface area contributed by atoms with Crippen molar-refractivity contribution in [3.63, 3.8) is 0 Å². The molecule has 0 spiro atoms.